The van der Waals surface area contributed by atoms with Gasteiger partial charge in [0.1, 0.15) is 11.7 Å². The summed E-state index contributed by atoms with van der Waals surface area (Å²) >= 11 is 0. The van der Waals surface area contributed by atoms with Crippen LogP contribution in [0.3, 0.4) is 0 Å². The molecule has 0 radical (unpaired) electrons. The Morgan fingerprint density at radius 2 is 1.40 bits per heavy atom. The van der Waals surface area contributed by atoms with E-state index in [1.165, 1.54) is 36.4 Å². The number of benzene rings is 3. The van der Waals surface area contributed by atoms with Crippen molar-refractivity contribution in [2.24, 2.45) is 0 Å². The molecule has 0 spiro atoms. The van der Waals surface area contributed by atoms with Crippen LogP contribution in [0, 0.1) is 0 Å². The van der Waals surface area contributed by atoms with Gasteiger partial charge in [0.05, 0.1) is 16.1 Å². The van der Waals surface area contributed by atoms with E-state index in [4.69, 9.17) is 5.11 Å². The van der Waals surface area contributed by atoms with E-state index in [2.05, 4.69) is 0 Å². The molecule has 1 heterocycles. The maximum absolute atomic E-state index is 13.4. The molecule has 30 heavy (non-hydrogen) atoms. The summed E-state index contributed by atoms with van der Waals surface area (Å²) in [6.45, 7) is 0. The van der Waals surface area contributed by atoms with Crippen LogP contribution in [0.5, 0.6) is 11.6 Å². The van der Waals surface area contributed by atoms with Gasteiger partial charge in [0.15, 0.2) is 0 Å². The Morgan fingerprint density at radius 3 is 2.00 bits per heavy atom. The van der Waals surface area contributed by atoms with E-state index in [9.17, 15) is 23.4 Å². The SMILES string of the molecule is O=c1c(-c2ccc(O)cc2)c2ccccc2c(O)n1-c1ccc(S(=O)(=O)CO)cc1. The van der Waals surface area contributed by atoms with Crippen LogP contribution in [0.15, 0.2) is 82.5 Å². The van der Waals surface area contributed by atoms with Crippen molar-refractivity contribution < 1.29 is 23.7 Å². The molecule has 4 aromatic rings. The molecule has 0 bridgehead atoms. The minimum atomic E-state index is -3.83. The van der Waals surface area contributed by atoms with Gasteiger partial charge in [-0.05, 0) is 48.0 Å². The third-order valence-electron chi connectivity index (χ3n) is 4.85. The van der Waals surface area contributed by atoms with E-state index in [-0.39, 0.29) is 22.2 Å². The number of aromatic nitrogens is 1. The molecule has 0 aliphatic carbocycles. The smallest absolute Gasteiger partial charge is 0.266 e. The summed E-state index contributed by atoms with van der Waals surface area (Å²) in [7, 11) is -3.83. The van der Waals surface area contributed by atoms with Gasteiger partial charge in [-0.3, -0.25) is 4.79 Å². The third kappa shape index (κ3) is 3.22. The zero-order valence-electron chi connectivity index (χ0n) is 15.6. The lowest BCUT2D eigenvalue weighted by Gasteiger charge is -2.15. The van der Waals surface area contributed by atoms with Gasteiger partial charge in [0, 0.05) is 10.8 Å². The van der Waals surface area contributed by atoms with Gasteiger partial charge in [0.25, 0.3) is 5.56 Å². The van der Waals surface area contributed by atoms with Crippen LogP contribution in [0.2, 0.25) is 0 Å². The molecule has 0 fully saturated rings. The predicted molar refractivity (Wildman–Crippen MR) is 113 cm³/mol. The molecule has 0 amide bonds. The second-order valence-electron chi connectivity index (χ2n) is 6.67. The van der Waals surface area contributed by atoms with Crippen molar-refractivity contribution in [3.63, 3.8) is 0 Å². The van der Waals surface area contributed by atoms with E-state index < -0.39 is 21.3 Å². The number of aliphatic hydroxyl groups excluding tert-OH is 1. The van der Waals surface area contributed by atoms with E-state index in [0.717, 1.165) is 4.57 Å². The average Bonchev–Trinajstić information content (AvgIpc) is 2.75. The number of aliphatic hydroxyl groups is 1. The summed E-state index contributed by atoms with van der Waals surface area (Å²) < 4.78 is 24.8. The van der Waals surface area contributed by atoms with E-state index >= 15 is 0 Å². The summed E-state index contributed by atoms with van der Waals surface area (Å²) in [5.41, 5.74) is 0.646. The quantitative estimate of drug-likeness (QED) is 0.465. The highest BCUT2D eigenvalue weighted by molar-refractivity contribution is 7.91. The fourth-order valence-corrected chi connectivity index (χ4v) is 4.06. The molecule has 0 aliphatic rings. The molecule has 7 nitrogen and oxygen atoms in total. The molecule has 0 atom stereocenters. The molecule has 4 rings (SSSR count). The summed E-state index contributed by atoms with van der Waals surface area (Å²) in [6, 6.07) is 18.3. The zero-order chi connectivity index (χ0) is 21.5. The Morgan fingerprint density at radius 1 is 0.800 bits per heavy atom. The van der Waals surface area contributed by atoms with Crippen LogP contribution in [0.1, 0.15) is 0 Å². The predicted octanol–water partition coefficient (Wildman–Crippen LogP) is 2.79. The largest absolute Gasteiger partial charge is 0.508 e. The molecule has 0 saturated carbocycles. The lowest BCUT2D eigenvalue weighted by molar-refractivity contribution is 0.358. The number of hydrogen-bond acceptors (Lipinski definition) is 6. The third-order valence-corrected chi connectivity index (χ3v) is 6.18. The van der Waals surface area contributed by atoms with Crippen LogP contribution in [-0.4, -0.2) is 34.2 Å². The summed E-state index contributed by atoms with van der Waals surface area (Å²) in [6.07, 6.45) is 0. The zero-order valence-corrected chi connectivity index (χ0v) is 16.4. The highest BCUT2D eigenvalue weighted by Crippen LogP contribution is 2.33. The fraction of sp³-hybridized carbons (Fsp3) is 0.0455. The minimum Gasteiger partial charge on any atom is -0.508 e. The second kappa shape index (κ2) is 7.33. The number of nitrogens with zero attached hydrogens (tertiary/aromatic N) is 1. The normalized spacial score (nSPS) is 11.6. The molecular weight excluding hydrogens is 406 g/mol. The Labute approximate surface area is 171 Å². The molecule has 8 heteroatoms. The molecule has 0 aliphatic heterocycles. The topological polar surface area (TPSA) is 117 Å². The first-order valence-electron chi connectivity index (χ1n) is 8.93. The second-order valence-corrected chi connectivity index (χ2v) is 8.63. The summed E-state index contributed by atoms with van der Waals surface area (Å²) in [5.74, 6) is -1.25. The summed E-state index contributed by atoms with van der Waals surface area (Å²) in [4.78, 5) is 13.3. The molecule has 152 valence electrons. The number of pyridine rings is 1. The molecule has 3 aromatic carbocycles. The number of rotatable bonds is 4. The first kappa shape index (κ1) is 19.7. The first-order chi connectivity index (χ1) is 14.3. The van der Waals surface area contributed by atoms with Gasteiger partial charge >= 0.3 is 0 Å². The lowest BCUT2D eigenvalue weighted by atomic mass is 9.99. The fourth-order valence-electron chi connectivity index (χ4n) is 3.36. The molecule has 3 N–H and O–H groups in total. The van der Waals surface area contributed by atoms with Gasteiger partial charge in [-0.2, -0.15) is 0 Å². The van der Waals surface area contributed by atoms with E-state index in [1.54, 1.807) is 36.4 Å². The highest BCUT2D eigenvalue weighted by Gasteiger charge is 2.19. The number of hydrogen-bond donors (Lipinski definition) is 3. The molecule has 0 saturated heterocycles. The average molecular weight is 423 g/mol. The van der Waals surface area contributed by atoms with Gasteiger partial charge in [-0.15, -0.1) is 0 Å². The maximum Gasteiger partial charge on any atom is 0.266 e. The lowest BCUT2D eigenvalue weighted by Crippen LogP contribution is -2.21. The van der Waals surface area contributed by atoms with Crippen molar-refractivity contribution in [2.45, 2.75) is 4.90 Å². The van der Waals surface area contributed by atoms with Gasteiger partial charge < -0.3 is 15.3 Å². The van der Waals surface area contributed by atoms with Crippen LogP contribution in [0.4, 0.5) is 0 Å². The Kier molecular flexibility index (Phi) is 4.81. The van der Waals surface area contributed by atoms with Crippen LogP contribution >= 0.6 is 0 Å². The van der Waals surface area contributed by atoms with E-state index in [0.29, 0.717) is 21.9 Å². The number of phenols is 1. The standard InChI is InChI=1S/C22H17NO6S/c24-13-30(28,29)17-11-7-15(8-12-17)23-21(26)19-4-2-1-3-18(19)20(22(23)27)14-5-9-16(25)10-6-14/h1-12,24-26H,13H2. The maximum atomic E-state index is 13.4. The van der Waals surface area contributed by atoms with Crippen molar-refractivity contribution in [3.05, 3.63) is 83.2 Å². The number of phenolic OH excluding ortho intramolecular Hbond substituents is 1. The minimum absolute atomic E-state index is 0.0582. The van der Waals surface area contributed by atoms with Crippen molar-refractivity contribution in [1.29, 1.82) is 0 Å². The van der Waals surface area contributed by atoms with Crippen molar-refractivity contribution in [1.82, 2.24) is 4.57 Å². The van der Waals surface area contributed by atoms with Crippen molar-refractivity contribution in [2.75, 3.05) is 5.94 Å². The monoisotopic (exact) mass is 423 g/mol. The Bertz CT molecular complexity index is 1410. The van der Waals surface area contributed by atoms with Crippen LogP contribution < -0.4 is 5.56 Å². The number of aromatic hydroxyl groups is 2. The van der Waals surface area contributed by atoms with Crippen molar-refractivity contribution in [3.8, 4) is 28.4 Å². The number of fused-ring (bicyclic) bond motifs is 1. The summed E-state index contributed by atoms with van der Waals surface area (Å²) in [5, 5.41) is 30.4. The van der Waals surface area contributed by atoms with Crippen LogP contribution in [0.25, 0.3) is 27.6 Å². The molecule has 1 aromatic heterocycles. The van der Waals surface area contributed by atoms with Gasteiger partial charge in [-0.1, -0.05) is 30.3 Å². The van der Waals surface area contributed by atoms with Gasteiger partial charge in [0.2, 0.25) is 15.7 Å². The Hall–Kier alpha value is -3.62. The molecular formula is C22H17NO6S. The Balaban J connectivity index is 2.02. The van der Waals surface area contributed by atoms with Gasteiger partial charge in [-0.25, -0.2) is 13.0 Å². The molecule has 0 unspecified atom stereocenters. The highest BCUT2D eigenvalue weighted by atomic mass is 32.2. The van der Waals surface area contributed by atoms with Crippen LogP contribution in [-0.2, 0) is 9.84 Å². The van der Waals surface area contributed by atoms with E-state index in [1.807, 2.05) is 0 Å². The number of sulfone groups is 1. The van der Waals surface area contributed by atoms with Crippen molar-refractivity contribution >= 4 is 20.6 Å². The first-order valence-corrected chi connectivity index (χ1v) is 10.6.